The van der Waals surface area contributed by atoms with E-state index >= 15 is 0 Å². The maximum atomic E-state index is 9.81. The zero-order valence-electron chi connectivity index (χ0n) is 14.7. The van der Waals surface area contributed by atoms with E-state index in [2.05, 4.69) is 6.07 Å². The summed E-state index contributed by atoms with van der Waals surface area (Å²) in [4.78, 5) is 0.981. The Morgan fingerprint density at radius 3 is 2.11 bits per heavy atom. The summed E-state index contributed by atoms with van der Waals surface area (Å²) >= 11 is 14.1. The lowest BCUT2D eigenvalue weighted by Crippen LogP contribution is -2.22. The molecule has 0 amide bonds. The molecule has 0 spiro atoms. The van der Waals surface area contributed by atoms with Crippen LogP contribution in [0.5, 0.6) is 0 Å². The van der Waals surface area contributed by atoms with Crippen LogP contribution in [-0.2, 0) is 4.74 Å². The summed E-state index contributed by atoms with van der Waals surface area (Å²) in [7, 11) is 0. The molecule has 0 N–H and O–H groups in total. The second-order valence-electron chi connectivity index (χ2n) is 6.26. The Hall–Kier alpha value is -2.38. The molecule has 138 valence electrons. The second kappa shape index (κ2) is 8.32. The molecule has 0 aliphatic carbocycles. The molecule has 28 heavy (non-hydrogen) atoms. The Labute approximate surface area is 178 Å². The van der Waals surface area contributed by atoms with Crippen LogP contribution >= 0.6 is 35.0 Å². The summed E-state index contributed by atoms with van der Waals surface area (Å²) in [5.41, 5.74) is 2.82. The molecule has 5 heteroatoms. The summed E-state index contributed by atoms with van der Waals surface area (Å²) in [6.45, 7) is 0. The van der Waals surface area contributed by atoms with Gasteiger partial charge in [-0.05, 0) is 23.3 Å². The number of ether oxygens (including phenoxy) is 1. The average molecular weight is 424 g/mol. The molecule has 2 unspecified atom stereocenters. The minimum atomic E-state index is -0.675. The lowest BCUT2D eigenvalue weighted by Gasteiger charge is -2.32. The van der Waals surface area contributed by atoms with Gasteiger partial charge in [0.05, 0.1) is 10.2 Å². The number of hydrogen-bond donors (Lipinski definition) is 0. The number of benzene rings is 3. The quantitative estimate of drug-likeness (QED) is 0.445. The fourth-order valence-corrected chi connectivity index (χ4v) is 5.08. The highest BCUT2D eigenvalue weighted by molar-refractivity contribution is 8.08. The largest absolute Gasteiger partial charge is 0.472 e. The zero-order valence-corrected chi connectivity index (χ0v) is 17.0. The zero-order chi connectivity index (χ0) is 19.5. The third kappa shape index (κ3) is 3.77. The molecule has 0 saturated heterocycles. The van der Waals surface area contributed by atoms with Gasteiger partial charge in [0.2, 0.25) is 6.10 Å². The van der Waals surface area contributed by atoms with Crippen LogP contribution < -0.4 is 0 Å². The van der Waals surface area contributed by atoms with Gasteiger partial charge in [-0.1, -0.05) is 89.9 Å². The summed E-state index contributed by atoms with van der Waals surface area (Å²) in [6.07, 6.45) is -0.675. The number of nitrogens with zero attached hydrogens (tertiary/aromatic N) is 1. The van der Waals surface area contributed by atoms with E-state index in [4.69, 9.17) is 27.9 Å². The van der Waals surface area contributed by atoms with E-state index in [1.807, 2.05) is 66.7 Å². The van der Waals surface area contributed by atoms with Crippen LogP contribution in [0.4, 0.5) is 0 Å². The molecule has 3 aromatic rings. The Kier molecular flexibility index (Phi) is 5.64. The highest BCUT2D eigenvalue weighted by atomic mass is 35.5. The Morgan fingerprint density at radius 1 is 0.857 bits per heavy atom. The Bertz CT molecular complexity index is 1060. The molecule has 1 aliphatic heterocycles. The first-order valence-electron chi connectivity index (χ1n) is 8.70. The summed E-state index contributed by atoms with van der Waals surface area (Å²) in [6, 6.07) is 27.6. The van der Waals surface area contributed by atoms with Crippen molar-refractivity contribution in [2.45, 2.75) is 11.4 Å². The predicted octanol–water partition coefficient (Wildman–Crippen LogP) is 7.22. The van der Waals surface area contributed by atoms with Crippen molar-refractivity contribution >= 4 is 45.6 Å². The molecular formula is C23H15Cl2NOS. The standard InChI is InChI=1S/C23H15Cl2NOS/c24-17-11-12-18(19(25)13-17)23-20(14-26)27-21(15-7-3-1-4-8-15)22(28-23)16-9-5-2-6-10-16/h1-13,20,23H. The highest BCUT2D eigenvalue weighted by Gasteiger charge is 2.36. The van der Waals surface area contributed by atoms with Crippen molar-refractivity contribution in [3.8, 4) is 6.07 Å². The molecular weight excluding hydrogens is 409 g/mol. The summed E-state index contributed by atoms with van der Waals surface area (Å²) in [5.74, 6) is 0.713. The van der Waals surface area contributed by atoms with Gasteiger partial charge < -0.3 is 4.74 Å². The van der Waals surface area contributed by atoms with Crippen LogP contribution in [0.15, 0.2) is 78.9 Å². The SMILES string of the molecule is N#CC1OC(c2ccccc2)=C(c2ccccc2)SC1c1ccc(Cl)cc1Cl. The molecule has 2 atom stereocenters. The van der Waals surface area contributed by atoms with Crippen LogP contribution in [0, 0.1) is 11.3 Å². The molecule has 0 saturated carbocycles. The van der Waals surface area contributed by atoms with Gasteiger partial charge in [0.25, 0.3) is 0 Å². The predicted molar refractivity (Wildman–Crippen MR) is 117 cm³/mol. The normalized spacial score (nSPS) is 19.0. The average Bonchev–Trinajstić information content (AvgIpc) is 2.74. The van der Waals surface area contributed by atoms with Crippen molar-refractivity contribution in [1.82, 2.24) is 0 Å². The van der Waals surface area contributed by atoms with Gasteiger partial charge in [-0.25, -0.2) is 0 Å². The molecule has 1 heterocycles. The first-order valence-corrected chi connectivity index (χ1v) is 10.3. The second-order valence-corrected chi connectivity index (χ2v) is 8.26. The van der Waals surface area contributed by atoms with Crippen LogP contribution in [0.1, 0.15) is 21.9 Å². The summed E-state index contributed by atoms with van der Waals surface area (Å²) < 4.78 is 6.25. The number of rotatable bonds is 3. The first-order chi connectivity index (χ1) is 13.7. The lowest BCUT2D eigenvalue weighted by molar-refractivity contribution is 0.214. The van der Waals surface area contributed by atoms with E-state index < -0.39 is 6.10 Å². The molecule has 0 aromatic heterocycles. The maximum absolute atomic E-state index is 9.81. The van der Waals surface area contributed by atoms with E-state index in [1.54, 1.807) is 23.9 Å². The van der Waals surface area contributed by atoms with E-state index in [0.29, 0.717) is 15.8 Å². The van der Waals surface area contributed by atoms with Crippen molar-refractivity contribution in [2.24, 2.45) is 0 Å². The van der Waals surface area contributed by atoms with Crippen LogP contribution in [0.2, 0.25) is 10.0 Å². The van der Waals surface area contributed by atoms with Gasteiger partial charge in [0, 0.05) is 15.6 Å². The van der Waals surface area contributed by atoms with Crippen molar-refractivity contribution < 1.29 is 4.74 Å². The van der Waals surface area contributed by atoms with E-state index in [1.165, 1.54) is 0 Å². The molecule has 0 fully saturated rings. The van der Waals surface area contributed by atoms with E-state index in [9.17, 15) is 5.26 Å². The number of thioether (sulfide) groups is 1. The van der Waals surface area contributed by atoms with Crippen LogP contribution in [-0.4, -0.2) is 6.10 Å². The van der Waals surface area contributed by atoms with Gasteiger partial charge in [-0.2, -0.15) is 5.26 Å². The molecule has 2 nitrogen and oxygen atoms in total. The third-order valence-corrected chi connectivity index (χ3v) is 6.41. The molecule has 3 aromatic carbocycles. The Morgan fingerprint density at radius 2 is 1.50 bits per heavy atom. The molecule has 4 rings (SSSR count). The van der Waals surface area contributed by atoms with E-state index in [0.717, 1.165) is 21.6 Å². The fourth-order valence-electron chi connectivity index (χ4n) is 3.11. The van der Waals surface area contributed by atoms with Crippen molar-refractivity contribution in [1.29, 1.82) is 5.26 Å². The van der Waals surface area contributed by atoms with Crippen molar-refractivity contribution in [3.05, 3.63) is 106 Å². The van der Waals surface area contributed by atoms with Gasteiger partial charge in [0.1, 0.15) is 11.8 Å². The van der Waals surface area contributed by atoms with Crippen molar-refractivity contribution in [3.63, 3.8) is 0 Å². The lowest BCUT2D eigenvalue weighted by atomic mass is 10.1. The minimum Gasteiger partial charge on any atom is -0.472 e. The number of nitriles is 1. The topological polar surface area (TPSA) is 33.0 Å². The van der Waals surface area contributed by atoms with Gasteiger partial charge >= 0.3 is 0 Å². The number of halogens is 2. The molecule has 0 radical (unpaired) electrons. The molecule has 1 aliphatic rings. The maximum Gasteiger partial charge on any atom is 0.200 e. The van der Waals surface area contributed by atoms with Crippen LogP contribution in [0.3, 0.4) is 0 Å². The summed E-state index contributed by atoms with van der Waals surface area (Å²) in [5, 5.41) is 10.6. The fraction of sp³-hybridized carbons (Fsp3) is 0.0870. The minimum absolute atomic E-state index is 0.266. The van der Waals surface area contributed by atoms with Crippen molar-refractivity contribution in [2.75, 3.05) is 0 Å². The van der Waals surface area contributed by atoms with Crippen LogP contribution in [0.25, 0.3) is 10.7 Å². The monoisotopic (exact) mass is 423 g/mol. The third-order valence-electron chi connectivity index (χ3n) is 4.44. The smallest absolute Gasteiger partial charge is 0.200 e. The molecule has 0 bridgehead atoms. The van der Waals surface area contributed by atoms with Gasteiger partial charge in [0.15, 0.2) is 0 Å². The van der Waals surface area contributed by atoms with Gasteiger partial charge in [-0.3, -0.25) is 0 Å². The highest BCUT2D eigenvalue weighted by Crippen LogP contribution is 2.52. The first kappa shape index (κ1) is 19.0. The Balaban J connectivity index is 1.86. The number of hydrogen-bond acceptors (Lipinski definition) is 3. The van der Waals surface area contributed by atoms with Gasteiger partial charge in [-0.15, -0.1) is 11.8 Å². The van der Waals surface area contributed by atoms with E-state index in [-0.39, 0.29) is 5.25 Å².